The van der Waals surface area contributed by atoms with E-state index < -0.39 is 0 Å². The monoisotopic (exact) mass is 280 g/mol. The third kappa shape index (κ3) is 2.25. The first-order valence-electron chi connectivity index (χ1n) is 6.64. The largest absolute Gasteiger partial charge is 0.496 e. The van der Waals surface area contributed by atoms with Gasteiger partial charge in [0.1, 0.15) is 17.1 Å². The van der Waals surface area contributed by atoms with Crippen LogP contribution in [0.1, 0.15) is 11.3 Å². The molecule has 2 N–H and O–H groups in total. The molecular formula is C17H16N2O2. The lowest BCUT2D eigenvalue weighted by molar-refractivity contribution is 0.414. The van der Waals surface area contributed by atoms with Crippen LogP contribution in [0.3, 0.4) is 0 Å². The molecule has 0 fully saturated rings. The van der Waals surface area contributed by atoms with E-state index in [1.807, 2.05) is 37.3 Å². The van der Waals surface area contributed by atoms with Crippen LogP contribution in [0.2, 0.25) is 0 Å². The van der Waals surface area contributed by atoms with E-state index in [9.17, 15) is 0 Å². The summed E-state index contributed by atoms with van der Waals surface area (Å²) in [5, 5.41) is 4.58. The predicted octanol–water partition coefficient (Wildman–Crippen LogP) is 3.71. The van der Waals surface area contributed by atoms with Gasteiger partial charge < -0.3 is 15.0 Å². The Morgan fingerprint density at radius 2 is 1.95 bits per heavy atom. The van der Waals surface area contributed by atoms with E-state index in [2.05, 4.69) is 17.2 Å². The van der Waals surface area contributed by atoms with Crippen molar-refractivity contribution in [2.45, 2.75) is 6.92 Å². The first-order valence-corrected chi connectivity index (χ1v) is 6.64. The van der Waals surface area contributed by atoms with Gasteiger partial charge in [-0.15, -0.1) is 0 Å². The number of hydrazone groups is 1. The molecule has 3 aromatic rings. The fourth-order valence-electron chi connectivity index (χ4n) is 2.58. The summed E-state index contributed by atoms with van der Waals surface area (Å²) in [6.45, 7) is 1.96. The molecule has 1 heterocycles. The first kappa shape index (κ1) is 13.2. The van der Waals surface area contributed by atoms with Gasteiger partial charge in [0.15, 0.2) is 0 Å². The highest BCUT2D eigenvalue weighted by molar-refractivity contribution is 6.00. The van der Waals surface area contributed by atoms with Crippen LogP contribution < -0.4 is 10.6 Å². The third-order valence-corrected chi connectivity index (χ3v) is 3.49. The lowest BCUT2D eigenvalue weighted by Gasteiger charge is -2.05. The summed E-state index contributed by atoms with van der Waals surface area (Å²) >= 11 is 0. The number of furan rings is 1. The van der Waals surface area contributed by atoms with Crippen molar-refractivity contribution in [2.75, 3.05) is 7.11 Å². The number of aryl methyl sites for hydroxylation is 1. The van der Waals surface area contributed by atoms with Gasteiger partial charge in [0.2, 0.25) is 0 Å². The fourth-order valence-corrected chi connectivity index (χ4v) is 2.58. The van der Waals surface area contributed by atoms with Crippen molar-refractivity contribution in [1.82, 2.24) is 0 Å². The van der Waals surface area contributed by atoms with E-state index >= 15 is 0 Å². The lowest BCUT2D eigenvalue weighted by atomic mass is 10.0. The predicted molar refractivity (Wildman–Crippen MR) is 84.7 cm³/mol. The maximum absolute atomic E-state index is 5.88. The summed E-state index contributed by atoms with van der Waals surface area (Å²) in [6.07, 6.45) is 1.55. The van der Waals surface area contributed by atoms with E-state index in [1.165, 1.54) is 0 Å². The third-order valence-electron chi connectivity index (χ3n) is 3.49. The Balaban J connectivity index is 2.30. The molecule has 0 atom stereocenters. The average Bonchev–Trinajstić information content (AvgIpc) is 2.82. The highest BCUT2D eigenvalue weighted by atomic mass is 16.5. The minimum Gasteiger partial charge on any atom is -0.496 e. The van der Waals surface area contributed by atoms with Crippen molar-refractivity contribution in [2.24, 2.45) is 10.9 Å². The van der Waals surface area contributed by atoms with Crippen LogP contribution in [-0.4, -0.2) is 13.3 Å². The van der Waals surface area contributed by atoms with Gasteiger partial charge in [-0.25, -0.2) is 0 Å². The van der Waals surface area contributed by atoms with Crippen molar-refractivity contribution in [3.8, 4) is 16.9 Å². The van der Waals surface area contributed by atoms with Crippen molar-refractivity contribution < 1.29 is 9.15 Å². The summed E-state index contributed by atoms with van der Waals surface area (Å²) in [7, 11) is 1.63. The van der Waals surface area contributed by atoms with Crippen LogP contribution in [0, 0.1) is 6.92 Å². The summed E-state index contributed by atoms with van der Waals surface area (Å²) < 4.78 is 11.3. The second-order valence-electron chi connectivity index (χ2n) is 4.77. The van der Waals surface area contributed by atoms with E-state index in [4.69, 9.17) is 15.0 Å². The quantitative estimate of drug-likeness (QED) is 0.452. The van der Waals surface area contributed by atoms with Gasteiger partial charge in [-0.05, 0) is 24.6 Å². The fraction of sp³-hybridized carbons (Fsp3) is 0.118. The number of fused-ring (bicyclic) bond motifs is 1. The molecule has 0 bridgehead atoms. The summed E-state index contributed by atoms with van der Waals surface area (Å²) in [5.74, 6) is 6.83. The Bertz CT molecular complexity index is 805. The van der Waals surface area contributed by atoms with Gasteiger partial charge in [-0.1, -0.05) is 30.3 Å². The van der Waals surface area contributed by atoms with E-state index in [-0.39, 0.29) is 0 Å². The minimum atomic E-state index is 0.717. The molecule has 0 spiro atoms. The molecule has 0 aliphatic rings. The first-order chi connectivity index (χ1) is 10.2. The molecule has 0 aliphatic heterocycles. The maximum Gasteiger partial charge on any atom is 0.135 e. The molecule has 4 heteroatoms. The van der Waals surface area contributed by atoms with Crippen LogP contribution in [0.15, 0.2) is 52.0 Å². The Labute approximate surface area is 122 Å². The zero-order chi connectivity index (χ0) is 14.8. The molecule has 21 heavy (non-hydrogen) atoms. The number of hydrogen-bond donors (Lipinski definition) is 1. The van der Waals surface area contributed by atoms with Gasteiger partial charge in [-0.2, -0.15) is 5.10 Å². The van der Waals surface area contributed by atoms with Crippen LogP contribution >= 0.6 is 0 Å². The zero-order valence-corrected chi connectivity index (χ0v) is 12.0. The number of nitrogens with zero attached hydrogens (tertiary/aromatic N) is 1. The van der Waals surface area contributed by atoms with Crippen LogP contribution in [-0.2, 0) is 0 Å². The van der Waals surface area contributed by atoms with Gasteiger partial charge in [-0.3, -0.25) is 0 Å². The molecular weight excluding hydrogens is 264 g/mol. The molecule has 106 valence electrons. The number of rotatable bonds is 3. The van der Waals surface area contributed by atoms with Crippen molar-refractivity contribution in [3.05, 3.63) is 53.8 Å². The Morgan fingerprint density at radius 1 is 1.19 bits per heavy atom. The lowest BCUT2D eigenvalue weighted by Crippen LogP contribution is -1.92. The number of nitrogens with two attached hydrogens (primary N) is 1. The second kappa shape index (κ2) is 5.32. The van der Waals surface area contributed by atoms with Gasteiger partial charge in [0.05, 0.1) is 13.3 Å². The number of ether oxygens (including phenoxy) is 1. The number of methoxy groups -OCH3 is 1. The molecule has 0 amide bonds. The van der Waals surface area contributed by atoms with E-state index in [1.54, 1.807) is 13.3 Å². The van der Waals surface area contributed by atoms with Gasteiger partial charge >= 0.3 is 0 Å². The standard InChI is InChI=1S/C17H16N2O2/c1-11-17(12-6-4-3-5-7-12)14-9-15(20-2)13(10-19-18)8-16(14)21-11/h3-10H,18H2,1-2H3. The SMILES string of the molecule is COc1cc2c(-c3ccccc3)c(C)oc2cc1C=NN. The molecule has 0 aliphatic carbocycles. The summed E-state index contributed by atoms with van der Waals surface area (Å²) in [6, 6.07) is 14.0. The highest BCUT2D eigenvalue weighted by Crippen LogP contribution is 2.37. The molecule has 1 aromatic heterocycles. The second-order valence-corrected chi connectivity index (χ2v) is 4.77. The summed E-state index contributed by atoms with van der Waals surface area (Å²) in [4.78, 5) is 0. The minimum absolute atomic E-state index is 0.717. The topological polar surface area (TPSA) is 60.8 Å². The molecule has 0 unspecified atom stereocenters. The van der Waals surface area contributed by atoms with Crippen LogP contribution in [0.25, 0.3) is 22.1 Å². The zero-order valence-electron chi connectivity index (χ0n) is 12.0. The molecule has 0 saturated heterocycles. The van der Waals surface area contributed by atoms with Gasteiger partial charge in [0, 0.05) is 16.5 Å². The van der Waals surface area contributed by atoms with E-state index in [0.717, 1.165) is 39.2 Å². The molecule has 0 saturated carbocycles. The van der Waals surface area contributed by atoms with E-state index in [0.29, 0.717) is 0 Å². The van der Waals surface area contributed by atoms with Crippen molar-refractivity contribution >= 4 is 17.2 Å². The van der Waals surface area contributed by atoms with Gasteiger partial charge in [0.25, 0.3) is 0 Å². The molecule has 2 aromatic carbocycles. The smallest absolute Gasteiger partial charge is 0.135 e. The van der Waals surface area contributed by atoms with Crippen LogP contribution in [0.4, 0.5) is 0 Å². The highest BCUT2D eigenvalue weighted by Gasteiger charge is 2.15. The molecule has 3 rings (SSSR count). The Hall–Kier alpha value is -2.75. The average molecular weight is 280 g/mol. The van der Waals surface area contributed by atoms with Crippen LogP contribution in [0.5, 0.6) is 5.75 Å². The Morgan fingerprint density at radius 3 is 2.62 bits per heavy atom. The molecule has 0 radical (unpaired) electrons. The number of benzene rings is 2. The maximum atomic E-state index is 5.88. The Kier molecular flexibility index (Phi) is 3.36. The van der Waals surface area contributed by atoms with Crippen molar-refractivity contribution in [3.63, 3.8) is 0 Å². The summed E-state index contributed by atoms with van der Waals surface area (Å²) in [5.41, 5.74) is 3.79. The number of hydrogen-bond acceptors (Lipinski definition) is 4. The molecule has 4 nitrogen and oxygen atoms in total. The normalized spacial score (nSPS) is 11.3. The van der Waals surface area contributed by atoms with Crippen molar-refractivity contribution in [1.29, 1.82) is 0 Å².